The number of nitrogens with zero attached hydrogens (tertiary/aromatic N) is 2. The number of halogens is 4. The van der Waals surface area contributed by atoms with Crippen LogP contribution in [0.15, 0.2) is 24.3 Å². The molecule has 1 aliphatic rings. The minimum Gasteiger partial charge on any atom is -0.339 e. The zero-order chi connectivity index (χ0) is 16.3. The molecule has 2 amide bonds. The van der Waals surface area contributed by atoms with Crippen LogP contribution in [0.5, 0.6) is 0 Å². The van der Waals surface area contributed by atoms with Crippen molar-refractivity contribution in [2.24, 2.45) is 0 Å². The Kier molecular flexibility index (Phi) is 4.95. The van der Waals surface area contributed by atoms with Crippen molar-refractivity contribution in [3.8, 4) is 0 Å². The Bertz CT molecular complexity index is 569. The number of carbonyl (C=O) groups excluding carboxylic acids is 2. The van der Waals surface area contributed by atoms with Crippen molar-refractivity contribution in [2.75, 3.05) is 26.2 Å². The summed E-state index contributed by atoms with van der Waals surface area (Å²) in [6, 6.07) is 6.90. The van der Waals surface area contributed by atoms with E-state index in [1.807, 2.05) is 0 Å². The first-order valence-corrected chi connectivity index (χ1v) is 7.04. The van der Waals surface area contributed by atoms with Gasteiger partial charge in [0.2, 0.25) is 5.91 Å². The summed E-state index contributed by atoms with van der Waals surface area (Å²) >= 11 is 5.97. The van der Waals surface area contributed by atoms with Crippen LogP contribution < -0.4 is 0 Å². The lowest BCUT2D eigenvalue weighted by Gasteiger charge is -2.35. The molecule has 0 unspecified atom stereocenters. The van der Waals surface area contributed by atoms with Gasteiger partial charge >= 0.3 is 12.1 Å². The molecule has 1 aromatic rings. The molecule has 0 bridgehead atoms. The van der Waals surface area contributed by atoms with Crippen LogP contribution in [0.4, 0.5) is 13.2 Å². The minimum atomic E-state index is -4.87. The van der Waals surface area contributed by atoms with Gasteiger partial charge in [0.05, 0.1) is 6.42 Å². The zero-order valence-corrected chi connectivity index (χ0v) is 12.3. The highest BCUT2D eigenvalue weighted by Crippen LogP contribution is 2.20. The second-order valence-electron chi connectivity index (χ2n) is 4.94. The molecule has 0 aliphatic carbocycles. The molecule has 0 N–H and O–H groups in total. The third-order valence-corrected chi connectivity index (χ3v) is 3.83. The number of hydrogen-bond acceptors (Lipinski definition) is 2. The molecule has 1 heterocycles. The van der Waals surface area contributed by atoms with E-state index in [-0.39, 0.29) is 38.5 Å². The lowest BCUT2D eigenvalue weighted by atomic mass is 10.1. The van der Waals surface area contributed by atoms with Gasteiger partial charge in [0.15, 0.2) is 0 Å². The van der Waals surface area contributed by atoms with Crippen molar-refractivity contribution in [2.45, 2.75) is 12.6 Å². The van der Waals surface area contributed by atoms with Crippen molar-refractivity contribution in [1.29, 1.82) is 0 Å². The summed E-state index contributed by atoms with van der Waals surface area (Å²) in [5.74, 6) is -2.07. The van der Waals surface area contributed by atoms with Crippen LogP contribution in [0.2, 0.25) is 5.02 Å². The quantitative estimate of drug-likeness (QED) is 0.831. The summed E-state index contributed by atoms with van der Waals surface area (Å²) < 4.78 is 37.0. The third-order valence-electron chi connectivity index (χ3n) is 3.46. The first kappa shape index (κ1) is 16.6. The number of amides is 2. The number of rotatable bonds is 2. The van der Waals surface area contributed by atoms with Gasteiger partial charge in [-0.1, -0.05) is 29.8 Å². The van der Waals surface area contributed by atoms with E-state index in [9.17, 15) is 22.8 Å². The van der Waals surface area contributed by atoms with E-state index in [1.54, 1.807) is 24.3 Å². The third kappa shape index (κ3) is 3.91. The van der Waals surface area contributed by atoms with Crippen molar-refractivity contribution in [1.82, 2.24) is 9.80 Å². The van der Waals surface area contributed by atoms with Crippen LogP contribution in [-0.2, 0) is 16.0 Å². The molecule has 120 valence electrons. The predicted octanol–water partition coefficient (Wildman–Crippen LogP) is 2.12. The van der Waals surface area contributed by atoms with E-state index >= 15 is 0 Å². The summed E-state index contributed by atoms with van der Waals surface area (Å²) in [6.07, 6.45) is -4.78. The number of hydrogen-bond donors (Lipinski definition) is 0. The van der Waals surface area contributed by atoms with Gasteiger partial charge in [0.1, 0.15) is 0 Å². The molecule has 4 nitrogen and oxygen atoms in total. The average Bonchev–Trinajstić information content (AvgIpc) is 2.48. The fraction of sp³-hybridized carbons (Fsp3) is 0.429. The Hall–Kier alpha value is -1.76. The molecular formula is C14H14ClF3N2O2. The number of benzene rings is 1. The van der Waals surface area contributed by atoms with Gasteiger partial charge < -0.3 is 9.80 Å². The SMILES string of the molecule is O=C(Cc1ccccc1Cl)N1CCN(C(=O)C(F)(F)F)CC1. The van der Waals surface area contributed by atoms with Crippen LogP contribution in [0.1, 0.15) is 5.56 Å². The highest BCUT2D eigenvalue weighted by molar-refractivity contribution is 6.31. The smallest absolute Gasteiger partial charge is 0.339 e. The molecule has 0 aromatic heterocycles. The fourth-order valence-corrected chi connectivity index (χ4v) is 2.46. The van der Waals surface area contributed by atoms with Crippen LogP contribution in [0, 0.1) is 0 Å². The molecule has 2 rings (SSSR count). The molecule has 0 atom stereocenters. The van der Waals surface area contributed by atoms with E-state index in [1.165, 1.54) is 4.90 Å². The van der Waals surface area contributed by atoms with Gasteiger partial charge in [-0.2, -0.15) is 13.2 Å². The highest BCUT2D eigenvalue weighted by atomic mass is 35.5. The van der Waals surface area contributed by atoms with Crippen LogP contribution in [-0.4, -0.2) is 54.0 Å². The monoisotopic (exact) mass is 334 g/mol. The van der Waals surface area contributed by atoms with Crippen molar-refractivity contribution < 1.29 is 22.8 Å². The fourth-order valence-electron chi connectivity index (χ4n) is 2.25. The molecule has 8 heteroatoms. The van der Waals surface area contributed by atoms with Gasteiger partial charge in [0.25, 0.3) is 0 Å². The highest BCUT2D eigenvalue weighted by Gasteiger charge is 2.43. The molecule has 22 heavy (non-hydrogen) atoms. The molecule has 0 radical (unpaired) electrons. The molecule has 1 aromatic carbocycles. The largest absolute Gasteiger partial charge is 0.471 e. The first-order chi connectivity index (χ1) is 10.3. The molecule has 1 aliphatic heterocycles. The maximum atomic E-state index is 12.3. The molecule has 1 fully saturated rings. The van der Waals surface area contributed by atoms with Gasteiger partial charge in [-0.3, -0.25) is 9.59 Å². The maximum absolute atomic E-state index is 12.3. The lowest BCUT2D eigenvalue weighted by Crippen LogP contribution is -2.53. The zero-order valence-electron chi connectivity index (χ0n) is 11.6. The summed E-state index contributed by atoms with van der Waals surface area (Å²) in [5.41, 5.74) is 0.669. The lowest BCUT2D eigenvalue weighted by molar-refractivity contribution is -0.187. The van der Waals surface area contributed by atoms with Gasteiger partial charge in [-0.05, 0) is 11.6 Å². The standard InChI is InChI=1S/C14H14ClF3N2O2/c15-11-4-2-1-3-10(11)9-12(21)19-5-7-20(8-6-19)13(22)14(16,17)18/h1-4H,5-9H2. The van der Waals surface area contributed by atoms with Crippen molar-refractivity contribution in [3.05, 3.63) is 34.9 Å². The Morgan fingerprint density at radius 3 is 2.14 bits per heavy atom. The van der Waals surface area contributed by atoms with E-state index in [0.717, 1.165) is 4.90 Å². The van der Waals surface area contributed by atoms with E-state index in [2.05, 4.69) is 0 Å². The summed E-state index contributed by atoms with van der Waals surface area (Å²) in [7, 11) is 0. The van der Waals surface area contributed by atoms with E-state index < -0.39 is 12.1 Å². The second kappa shape index (κ2) is 6.56. The minimum absolute atomic E-state index is 0.0884. The second-order valence-corrected chi connectivity index (χ2v) is 5.35. The van der Waals surface area contributed by atoms with Gasteiger partial charge in [-0.25, -0.2) is 0 Å². The van der Waals surface area contributed by atoms with Crippen molar-refractivity contribution >= 4 is 23.4 Å². The molecule has 1 saturated heterocycles. The summed E-state index contributed by atoms with van der Waals surface area (Å²) in [5, 5.41) is 0.474. The average molecular weight is 335 g/mol. The Balaban J connectivity index is 1.90. The molecule has 0 saturated carbocycles. The number of piperazine rings is 1. The summed E-state index contributed by atoms with van der Waals surface area (Å²) in [4.78, 5) is 25.4. The van der Waals surface area contributed by atoms with Crippen LogP contribution in [0.25, 0.3) is 0 Å². The number of carbonyl (C=O) groups is 2. The molecule has 0 spiro atoms. The summed E-state index contributed by atoms with van der Waals surface area (Å²) in [6.45, 7) is -0.0601. The maximum Gasteiger partial charge on any atom is 0.471 e. The predicted molar refractivity (Wildman–Crippen MR) is 74.4 cm³/mol. The molecular weight excluding hydrogens is 321 g/mol. The van der Waals surface area contributed by atoms with E-state index in [0.29, 0.717) is 10.6 Å². The van der Waals surface area contributed by atoms with Gasteiger partial charge in [-0.15, -0.1) is 0 Å². The Labute approximate surface area is 130 Å². The van der Waals surface area contributed by atoms with E-state index in [4.69, 9.17) is 11.6 Å². The van der Waals surface area contributed by atoms with Gasteiger partial charge in [0, 0.05) is 31.2 Å². The topological polar surface area (TPSA) is 40.6 Å². The Morgan fingerprint density at radius 1 is 1.05 bits per heavy atom. The number of alkyl halides is 3. The van der Waals surface area contributed by atoms with Crippen LogP contribution in [0.3, 0.4) is 0 Å². The van der Waals surface area contributed by atoms with Crippen molar-refractivity contribution in [3.63, 3.8) is 0 Å². The van der Waals surface area contributed by atoms with Crippen LogP contribution >= 0.6 is 11.6 Å². The normalized spacial score (nSPS) is 15.8. The first-order valence-electron chi connectivity index (χ1n) is 6.66. The Morgan fingerprint density at radius 2 is 1.59 bits per heavy atom.